The summed E-state index contributed by atoms with van der Waals surface area (Å²) >= 11 is 5.63. The van der Waals surface area contributed by atoms with Crippen LogP contribution in [-0.2, 0) is 0 Å². The highest BCUT2D eigenvalue weighted by atomic mass is 35.5. The van der Waals surface area contributed by atoms with Crippen molar-refractivity contribution in [2.75, 3.05) is 18.5 Å². The Morgan fingerprint density at radius 3 is 2.93 bits per heavy atom. The van der Waals surface area contributed by atoms with Gasteiger partial charge < -0.3 is 10.4 Å². The molecule has 0 radical (unpaired) electrons. The topological polar surface area (TPSA) is 58.0 Å². The number of nitrogens with zero attached hydrogens (tertiary/aromatic N) is 2. The zero-order valence-electron chi connectivity index (χ0n) is 7.70. The highest BCUT2D eigenvalue weighted by molar-refractivity contribution is 6.28. The molecule has 76 valence electrons. The number of hydrogen-bond acceptors (Lipinski definition) is 4. The maximum absolute atomic E-state index is 9.09. The molecule has 1 saturated carbocycles. The van der Waals surface area contributed by atoms with Gasteiger partial charge in [-0.25, -0.2) is 9.97 Å². The van der Waals surface area contributed by atoms with Crippen LogP contribution in [0, 0.1) is 5.41 Å². The SMILES string of the molecule is OCC1(CNc2ccnc(Cl)n2)CC1. The van der Waals surface area contributed by atoms with Crippen LogP contribution in [0.4, 0.5) is 5.82 Å². The number of halogens is 1. The molecule has 4 nitrogen and oxygen atoms in total. The molecule has 0 aromatic carbocycles. The first-order valence-corrected chi connectivity index (χ1v) is 4.95. The molecule has 1 fully saturated rings. The summed E-state index contributed by atoms with van der Waals surface area (Å²) in [6.07, 6.45) is 3.76. The van der Waals surface area contributed by atoms with Crippen LogP contribution >= 0.6 is 11.6 Å². The lowest BCUT2D eigenvalue weighted by atomic mass is 10.1. The zero-order chi connectivity index (χ0) is 10.0. The van der Waals surface area contributed by atoms with Gasteiger partial charge in [0.05, 0.1) is 6.61 Å². The van der Waals surface area contributed by atoms with Crippen molar-refractivity contribution in [3.8, 4) is 0 Å². The first-order chi connectivity index (χ1) is 6.74. The molecule has 1 heterocycles. The number of aliphatic hydroxyl groups excluding tert-OH is 1. The molecule has 5 heteroatoms. The second-order valence-electron chi connectivity index (χ2n) is 3.72. The third kappa shape index (κ3) is 2.13. The van der Waals surface area contributed by atoms with E-state index in [9.17, 15) is 0 Å². The Morgan fingerprint density at radius 1 is 1.57 bits per heavy atom. The zero-order valence-corrected chi connectivity index (χ0v) is 8.46. The summed E-state index contributed by atoms with van der Waals surface area (Å²) in [4.78, 5) is 7.78. The monoisotopic (exact) mass is 213 g/mol. The molecule has 1 aromatic heterocycles. The highest BCUT2D eigenvalue weighted by Crippen LogP contribution is 2.44. The molecule has 0 saturated heterocycles. The van der Waals surface area contributed by atoms with Crippen molar-refractivity contribution in [3.63, 3.8) is 0 Å². The van der Waals surface area contributed by atoms with Gasteiger partial charge in [-0.2, -0.15) is 0 Å². The second-order valence-corrected chi connectivity index (χ2v) is 4.06. The van der Waals surface area contributed by atoms with Crippen LogP contribution in [0.3, 0.4) is 0 Å². The van der Waals surface area contributed by atoms with E-state index in [1.165, 1.54) is 0 Å². The number of aromatic nitrogens is 2. The van der Waals surface area contributed by atoms with E-state index < -0.39 is 0 Å². The number of nitrogens with one attached hydrogen (secondary N) is 1. The van der Waals surface area contributed by atoms with Gasteiger partial charge in [-0.05, 0) is 30.5 Å². The lowest BCUT2D eigenvalue weighted by molar-refractivity contribution is 0.219. The third-order valence-electron chi connectivity index (χ3n) is 2.56. The Balaban J connectivity index is 1.92. The van der Waals surface area contributed by atoms with E-state index in [4.69, 9.17) is 16.7 Å². The first-order valence-electron chi connectivity index (χ1n) is 4.57. The van der Waals surface area contributed by atoms with Crippen molar-refractivity contribution in [1.82, 2.24) is 9.97 Å². The van der Waals surface area contributed by atoms with Gasteiger partial charge in [0.15, 0.2) is 0 Å². The van der Waals surface area contributed by atoms with Crippen LogP contribution in [0.25, 0.3) is 0 Å². The average molecular weight is 214 g/mol. The van der Waals surface area contributed by atoms with Crippen LogP contribution in [-0.4, -0.2) is 28.2 Å². The predicted octanol–water partition coefficient (Wildman–Crippen LogP) is 1.31. The minimum Gasteiger partial charge on any atom is -0.396 e. The van der Waals surface area contributed by atoms with Crippen LogP contribution in [0.1, 0.15) is 12.8 Å². The van der Waals surface area contributed by atoms with Crippen LogP contribution in [0.5, 0.6) is 0 Å². The largest absolute Gasteiger partial charge is 0.396 e. The second kappa shape index (κ2) is 3.71. The van der Waals surface area contributed by atoms with Crippen molar-refractivity contribution >= 4 is 17.4 Å². The molecule has 2 N–H and O–H groups in total. The van der Waals surface area contributed by atoms with Gasteiger partial charge in [0.2, 0.25) is 5.28 Å². The first kappa shape index (κ1) is 9.68. The Hall–Kier alpha value is -0.870. The molecule has 14 heavy (non-hydrogen) atoms. The van der Waals surface area contributed by atoms with Crippen molar-refractivity contribution in [1.29, 1.82) is 0 Å². The van der Waals surface area contributed by atoms with Crippen molar-refractivity contribution in [2.24, 2.45) is 5.41 Å². The molecule has 0 aliphatic heterocycles. The Morgan fingerprint density at radius 2 is 2.36 bits per heavy atom. The van der Waals surface area contributed by atoms with Crippen LogP contribution in [0.2, 0.25) is 5.28 Å². The molecule has 0 amide bonds. The van der Waals surface area contributed by atoms with Crippen molar-refractivity contribution < 1.29 is 5.11 Å². The summed E-state index contributed by atoms with van der Waals surface area (Å²) in [7, 11) is 0. The lowest BCUT2D eigenvalue weighted by Crippen LogP contribution is -2.19. The summed E-state index contributed by atoms with van der Waals surface area (Å²) in [5, 5.41) is 12.5. The molecule has 1 aliphatic rings. The molecular formula is C9H12ClN3O. The van der Waals surface area contributed by atoms with E-state index >= 15 is 0 Å². The molecule has 2 rings (SSSR count). The molecular weight excluding hydrogens is 202 g/mol. The Kier molecular flexibility index (Phi) is 2.56. The van der Waals surface area contributed by atoms with Gasteiger partial charge in [-0.15, -0.1) is 0 Å². The molecule has 0 bridgehead atoms. The predicted molar refractivity (Wildman–Crippen MR) is 54.3 cm³/mol. The maximum atomic E-state index is 9.09. The normalized spacial score (nSPS) is 17.9. The summed E-state index contributed by atoms with van der Waals surface area (Å²) in [6.45, 7) is 0.982. The summed E-state index contributed by atoms with van der Waals surface area (Å²) in [6, 6.07) is 1.76. The van der Waals surface area contributed by atoms with Gasteiger partial charge in [0.1, 0.15) is 5.82 Å². The number of aliphatic hydroxyl groups is 1. The van der Waals surface area contributed by atoms with E-state index in [1.807, 2.05) is 0 Å². The number of anilines is 1. The maximum Gasteiger partial charge on any atom is 0.224 e. The van der Waals surface area contributed by atoms with Gasteiger partial charge in [-0.3, -0.25) is 0 Å². The minimum atomic E-state index is 0.0808. The molecule has 0 spiro atoms. The van der Waals surface area contributed by atoms with E-state index in [0.29, 0.717) is 5.82 Å². The third-order valence-corrected chi connectivity index (χ3v) is 2.75. The standard InChI is InChI=1S/C9H12ClN3O/c10-8-11-4-1-7(13-8)12-5-9(6-14)2-3-9/h1,4,14H,2-3,5-6H2,(H,11,12,13). The van der Waals surface area contributed by atoms with Gasteiger partial charge in [-0.1, -0.05) is 0 Å². The Labute approximate surface area is 87.3 Å². The fourth-order valence-electron chi connectivity index (χ4n) is 1.28. The quantitative estimate of drug-likeness (QED) is 0.741. The fourth-order valence-corrected chi connectivity index (χ4v) is 1.43. The fraction of sp³-hybridized carbons (Fsp3) is 0.556. The van der Waals surface area contributed by atoms with Crippen LogP contribution in [0.15, 0.2) is 12.3 Å². The van der Waals surface area contributed by atoms with E-state index in [2.05, 4.69) is 15.3 Å². The molecule has 1 aliphatic carbocycles. The highest BCUT2D eigenvalue weighted by Gasteiger charge is 2.41. The van der Waals surface area contributed by atoms with E-state index in [0.717, 1.165) is 19.4 Å². The summed E-state index contributed by atoms with van der Waals surface area (Å²) in [5.74, 6) is 0.713. The van der Waals surface area contributed by atoms with Crippen molar-refractivity contribution in [3.05, 3.63) is 17.5 Å². The van der Waals surface area contributed by atoms with Gasteiger partial charge >= 0.3 is 0 Å². The smallest absolute Gasteiger partial charge is 0.224 e. The lowest BCUT2D eigenvalue weighted by Gasteiger charge is -2.12. The molecule has 1 aromatic rings. The van der Waals surface area contributed by atoms with E-state index in [1.54, 1.807) is 12.3 Å². The molecule has 0 atom stereocenters. The molecule has 0 unspecified atom stereocenters. The van der Waals surface area contributed by atoms with Crippen molar-refractivity contribution in [2.45, 2.75) is 12.8 Å². The number of hydrogen-bond donors (Lipinski definition) is 2. The summed E-state index contributed by atoms with van der Waals surface area (Å²) < 4.78 is 0. The minimum absolute atomic E-state index is 0.0808. The average Bonchev–Trinajstić information content (AvgIpc) is 2.96. The summed E-state index contributed by atoms with van der Waals surface area (Å²) in [5.41, 5.74) is 0.0808. The van der Waals surface area contributed by atoms with Gasteiger partial charge in [0.25, 0.3) is 0 Å². The van der Waals surface area contributed by atoms with E-state index in [-0.39, 0.29) is 17.3 Å². The number of rotatable bonds is 4. The van der Waals surface area contributed by atoms with Crippen LogP contribution < -0.4 is 5.32 Å². The van der Waals surface area contributed by atoms with Gasteiger partial charge in [0, 0.05) is 18.2 Å². The Bertz CT molecular complexity index is 328.